The first kappa shape index (κ1) is 14.6. The molecule has 0 heterocycles. The summed E-state index contributed by atoms with van der Waals surface area (Å²) in [5.41, 5.74) is 0. The maximum absolute atomic E-state index is 9.84. The topological polar surface area (TPSA) is 47.9 Å². The van der Waals surface area contributed by atoms with Crippen LogP contribution >= 0.6 is 0 Å². The van der Waals surface area contributed by atoms with Crippen LogP contribution in [-0.4, -0.2) is 32.0 Å². The third kappa shape index (κ3) is 4.11. The summed E-state index contributed by atoms with van der Waals surface area (Å²) in [5.74, 6) is 2.19. The lowest BCUT2D eigenvalue weighted by Crippen LogP contribution is -2.24. The smallest absolute Gasteiger partial charge is 0.126 e. The zero-order valence-corrected chi connectivity index (χ0v) is 11.5. The van der Waals surface area contributed by atoms with Gasteiger partial charge in [0.1, 0.15) is 23.9 Å². The van der Waals surface area contributed by atoms with Crippen LogP contribution in [0.5, 0.6) is 17.2 Å². The molecule has 0 saturated heterocycles. The molecule has 2 atom stereocenters. The van der Waals surface area contributed by atoms with Crippen LogP contribution in [0.15, 0.2) is 18.2 Å². The molecule has 102 valence electrons. The Morgan fingerprint density at radius 1 is 1.06 bits per heavy atom. The van der Waals surface area contributed by atoms with Crippen molar-refractivity contribution in [3.8, 4) is 17.2 Å². The Labute approximate surface area is 108 Å². The molecule has 4 nitrogen and oxygen atoms in total. The number of methoxy groups -OCH3 is 2. The summed E-state index contributed by atoms with van der Waals surface area (Å²) in [6.45, 7) is 4.31. The summed E-state index contributed by atoms with van der Waals surface area (Å²) in [6, 6.07) is 5.32. The maximum atomic E-state index is 9.84. The van der Waals surface area contributed by atoms with E-state index in [-0.39, 0.29) is 12.5 Å². The Morgan fingerprint density at radius 3 is 2.00 bits per heavy atom. The SMILES string of the molecule is CCC(C)C(O)COc1cc(OC)cc(OC)c1. The van der Waals surface area contributed by atoms with Crippen LogP contribution in [0.4, 0.5) is 0 Å². The molecule has 0 amide bonds. The first-order valence-corrected chi connectivity index (χ1v) is 6.14. The molecule has 0 radical (unpaired) electrons. The Hall–Kier alpha value is -1.42. The van der Waals surface area contributed by atoms with Gasteiger partial charge in [0.05, 0.1) is 20.3 Å². The Balaban J connectivity index is 2.66. The van der Waals surface area contributed by atoms with E-state index in [2.05, 4.69) is 0 Å². The molecule has 0 aliphatic rings. The van der Waals surface area contributed by atoms with Gasteiger partial charge in [0.15, 0.2) is 0 Å². The van der Waals surface area contributed by atoms with Crippen molar-refractivity contribution in [1.82, 2.24) is 0 Å². The van der Waals surface area contributed by atoms with Gasteiger partial charge in [0.2, 0.25) is 0 Å². The zero-order valence-electron chi connectivity index (χ0n) is 11.5. The van der Waals surface area contributed by atoms with E-state index in [4.69, 9.17) is 14.2 Å². The molecule has 0 aliphatic carbocycles. The summed E-state index contributed by atoms with van der Waals surface area (Å²) in [5, 5.41) is 9.84. The number of hydrogen-bond donors (Lipinski definition) is 1. The maximum Gasteiger partial charge on any atom is 0.126 e. The molecule has 1 aromatic carbocycles. The van der Waals surface area contributed by atoms with E-state index in [9.17, 15) is 5.11 Å². The fraction of sp³-hybridized carbons (Fsp3) is 0.571. The van der Waals surface area contributed by atoms with E-state index in [1.807, 2.05) is 13.8 Å². The quantitative estimate of drug-likeness (QED) is 0.812. The second-order valence-corrected chi connectivity index (χ2v) is 4.31. The molecule has 1 aromatic rings. The van der Waals surface area contributed by atoms with Crippen LogP contribution in [0.3, 0.4) is 0 Å². The fourth-order valence-electron chi connectivity index (χ4n) is 1.48. The number of rotatable bonds is 7. The van der Waals surface area contributed by atoms with Crippen molar-refractivity contribution in [2.24, 2.45) is 5.92 Å². The molecule has 18 heavy (non-hydrogen) atoms. The summed E-state index contributed by atoms with van der Waals surface area (Å²) >= 11 is 0. The van der Waals surface area contributed by atoms with Gasteiger partial charge >= 0.3 is 0 Å². The third-order valence-corrected chi connectivity index (χ3v) is 3.05. The molecule has 1 N–H and O–H groups in total. The number of benzene rings is 1. The predicted octanol–water partition coefficient (Wildman–Crippen LogP) is 2.49. The molecular formula is C14H22O4. The van der Waals surface area contributed by atoms with Gasteiger partial charge in [-0.05, 0) is 5.92 Å². The summed E-state index contributed by atoms with van der Waals surface area (Å²) in [6.07, 6.45) is 0.457. The summed E-state index contributed by atoms with van der Waals surface area (Å²) in [7, 11) is 3.18. The molecule has 0 aromatic heterocycles. The summed E-state index contributed by atoms with van der Waals surface area (Å²) in [4.78, 5) is 0. The van der Waals surface area contributed by atoms with Crippen molar-refractivity contribution in [3.63, 3.8) is 0 Å². The van der Waals surface area contributed by atoms with Gasteiger partial charge in [-0.25, -0.2) is 0 Å². The van der Waals surface area contributed by atoms with Gasteiger partial charge in [-0.15, -0.1) is 0 Å². The molecule has 0 bridgehead atoms. The normalized spacial score (nSPS) is 13.8. The zero-order chi connectivity index (χ0) is 13.5. The highest BCUT2D eigenvalue weighted by molar-refractivity contribution is 5.41. The fourth-order valence-corrected chi connectivity index (χ4v) is 1.48. The second kappa shape index (κ2) is 7.11. The summed E-state index contributed by atoms with van der Waals surface area (Å²) < 4.78 is 15.9. The number of aliphatic hydroxyl groups excluding tert-OH is 1. The molecule has 2 unspecified atom stereocenters. The molecule has 4 heteroatoms. The van der Waals surface area contributed by atoms with Crippen LogP contribution in [0, 0.1) is 5.92 Å². The van der Waals surface area contributed by atoms with Gasteiger partial charge in [0, 0.05) is 18.2 Å². The molecule has 0 fully saturated rings. The molecular weight excluding hydrogens is 232 g/mol. The highest BCUT2D eigenvalue weighted by Gasteiger charge is 2.13. The van der Waals surface area contributed by atoms with Gasteiger partial charge in [-0.1, -0.05) is 20.3 Å². The first-order valence-electron chi connectivity index (χ1n) is 6.14. The van der Waals surface area contributed by atoms with Gasteiger partial charge in [-0.2, -0.15) is 0 Å². The van der Waals surface area contributed by atoms with Gasteiger partial charge in [-0.3, -0.25) is 0 Å². The second-order valence-electron chi connectivity index (χ2n) is 4.31. The van der Waals surface area contributed by atoms with E-state index in [0.29, 0.717) is 17.2 Å². The van der Waals surface area contributed by atoms with Crippen LogP contribution in [0.25, 0.3) is 0 Å². The molecule has 1 rings (SSSR count). The lowest BCUT2D eigenvalue weighted by Gasteiger charge is -2.18. The van der Waals surface area contributed by atoms with Crippen LogP contribution < -0.4 is 14.2 Å². The molecule has 0 saturated carbocycles. The average molecular weight is 254 g/mol. The van der Waals surface area contributed by atoms with E-state index < -0.39 is 6.10 Å². The molecule has 0 spiro atoms. The standard InChI is InChI=1S/C14H22O4/c1-5-10(2)14(15)9-18-13-7-11(16-3)6-12(8-13)17-4/h6-8,10,14-15H,5,9H2,1-4H3. The van der Waals surface area contributed by atoms with Crippen molar-refractivity contribution >= 4 is 0 Å². The highest BCUT2D eigenvalue weighted by atomic mass is 16.5. The number of hydrogen-bond acceptors (Lipinski definition) is 4. The third-order valence-electron chi connectivity index (χ3n) is 3.05. The van der Waals surface area contributed by atoms with Crippen LogP contribution in [0.1, 0.15) is 20.3 Å². The lowest BCUT2D eigenvalue weighted by molar-refractivity contribution is 0.0620. The largest absolute Gasteiger partial charge is 0.496 e. The van der Waals surface area contributed by atoms with Gasteiger partial charge in [0.25, 0.3) is 0 Å². The van der Waals surface area contributed by atoms with Crippen molar-refractivity contribution in [2.45, 2.75) is 26.4 Å². The van der Waals surface area contributed by atoms with Crippen molar-refractivity contribution in [3.05, 3.63) is 18.2 Å². The van der Waals surface area contributed by atoms with Gasteiger partial charge < -0.3 is 19.3 Å². The Morgan fingerprint density at radius 2 is 1.56 bits per heavy atom. The predicted molar refractivity (Wildman–Crippen MR) is 70.5 cm³/mol. The monoisotopic (exact) mass is 254 g/mol. The minimum absolute atomic E-state index is 0.220. The Bertz CT molecular complexity index is 343. The van der Waals surface area contributed by atoms with Crippen molar-refractivity contribution < 1.29 is 19.3 Å². The highest BCUT2D eigenvalue weighted by Crippen LogP contribution is 2.27. The van der Waals surface area contributed by atoms with E-state index in [0.717, 1.165) is 6.42 Å². The van der Waals surface area contributed by atoms with Crippen LogP contribution in [-0.2, 0) is 0 Å². The van der Waals surface area contributed by atoms with Crippen molar-refractivity contribution in [2.75, 3.05) is 20.8 Å². The molecule has 0 aliphatic heterocycles. The van der Waals surface area contributed by atoms with E-state index in [1.54, 1.807) is 32.4 Å². The lowest BCUT2D eigenvalue weighted by atomic mass is 10.0. The van der Waals surface area contributed by atoms with Crippen molar-refractivity contribution in [1.29, 1.82) is 0 Å². The average Bonchev–Trinajstić information content (AvgIpc) is 2.43. The van der Waals surface area contributed by atoms with E-state index >= 15 is 0 Å². The minimum Gasteiger partial charge on any atom is -0.496 e. The van der Waals surface area contributed by atoms with E-state index in [1.165, 1.54) is 0 Å². The Kier molecular flexibility index (Phi) is 5.78. The van der Waals surface area contributed by atoms with Crippen LogP contribution in [0.2, 0.25) is 0 Å². The number of ether oxygens (including phenoxy) is 3. The minimum atomic E-state index is -0.466. The first-order chi connectivity index (χ1) is 8.60. The number of aliphatic hydroxyl groups is 1.